The number of benzene rings is 1. The molecule has 2 nitrogen and oxygen atoms in total. The van der Waals surface area contributed by atoms with Crippen molar-refractivity contribution < 1.29 is 4.74 Å². The Morgan fingerprint density at radius 3 is 2.29 bits per heavy atom. The van der Waals surface area contributed by atoms with Gasteiger partial charge >= 0.3 is 0 Å². The first kappa shape index (κ1) is 16.5. The van der Waals surface area contributed by atoms with Crippen LogP contribution in [0.4, 0.5) is 0 Å². The largest absolute Gasteiger partial charge is 0.372 e. The summed E-state index contributed by atoms with van der Waals surface area (Å²) in [5, 5.41) is 3.74. The molecule has 0 aromatic heterocycles. The fraction of sp³-hybridized carbons (Fsp3) is 0.684. The molecule has 1 saturated carbocycles. The van der Waals surface area contributed by atoms with Gasteiger partial charge in [-0.05, 0) is 37.8 Å². The van der Waals surface area contributed by atoms with Crippen molar-refractivity contribution >= 4 is 0 Å². The Labute approximate surface area is 130 Å². The number of rotatable bonds is 7. The monoisotopic (exact) mass is 289 g/mol. The Morgan fingerprint density at radius 2 is 1.71 bits per heavy atom. The molecule has 118 valence electrons. The van der Waals surface area contributed by atoms with E-state index >= 15 is 0 Å². The van der Waals surface area contributed by atoms with Gasteiger partial charge in [-0.15, -0.1) is 0 Å². The second kappa shape index (κ2) is 9.22. The lowest BCUT2D eigenvalue weighted by Gasteiger charge is -2.34. The van der Waals surface area contributed by atoms with Gasteiger partial charge in [0.15, 0.2) is 0 Å². The molecule has 2 atom stereocenters. The van der Waals surface area contributed by atoms with E-state index in [-0.39, 0.29) is 6.10 Å². The molecule has 0 amide bonds. The van der Waals surface area contributed by atoms with Gasteiger partial charge in [0.25, 0.3) is 0 Å². The van der Waals surface area contributed by atoms with Gasteiger partial charge in [-0.25, -0.2) is 0 Å². The third kappa shape index (κ3) is 4.82. The third-order valence-electron chi connectivity index (χ3n) is 4.65. The van der Waals surface area contributed by atoms with Crippen molar-refractivity contribution in [3.8, 4) is 0 Å². The van der Waals surface area contributed by atoms with E-state index in [1.807, 2.05) is 0 Å². The first-order valence-electron chi connectivity index (χ1n) is 8.76. The van der Waals surface area contributed by atoms with Crippen LogP contribution in [0.2, 0.25) is 0 Å². The lowest BCUT2D eigenvalue weighted by Crippen LogP contribution is -2.42. The normalized spacial score (nSPS) is 19.9. The SMILES string of the molecule is CCNC(C1CCCCCC1)C(OCC)c1ccccc1. The predicted octanol–water partition coefficient (Wildman–Crippen LogP) is 4.71. The second-order valence-electron chi connectivity index (χ2n) is 6.12. The average molecular weight is 289 g/mol. The lowest BCUT2D eigenvalue weighted by atomic mass is 9.85. The number of nitrogens with one attached hydrogen (secondary N) is 1. The Kier molecular flexibility index (Phi) is 7.25. The Balaban J connectivity index is 2.18. The molecule has 0 aliphatic heterocycles. The van der Waals surface area contributed by atoms with Crippen LogP contribution in [0.25, 0.3) is 0 Å². The van der Waals surface area contributed by atoms with Crippen LogP contribution in [0.1, 0.15) is 64.0 Å². The summed E-state index contributed by atoms with van der Waals surface area (Å²) in [6.07, 6.45) is 8.42. The second-order valence-corrected chi connectivity index (χ2v) is 6.12. The van der Waals surface area contributed by atoms with Crippen LogP contribution in [0.3, 0.4) is 0 Å². The highest BCUT2D eigenvalue weighted by Gasteiger charge is 2.30. The summed E-state index contributed by atoms with van der Waals surface area (Å²) in [6.45, 7) is 6.09. The zero-order valence-corrected chi connectivity index (χ0v) is 13.7. The van der Waals surface area contributed by atoms with Crippen LogP contribution in [0.5, 0.6) is 0 Å². The predicted molar refractivity (Wildman–Crippen MR) is 89.5 cm³/mol. The molecular formula is C19H31NO. The van der Waals surface area contributed by atoms with E-state index in [2.05, 4.69) is 49.5 Å². The van der Waals surface area contributed by atoms with Crippen molar-refractivity contribution in [3.63, 3.8) is 0 Å². The summed E-state index contributed by atoms with van der Waals surface area (Å²) in [7, 11) is 0. The van der Waals surface area contributed by atoms with Crippen LogP contribution in [0, 0.1) is 5.92 Å². The van der Waals surface area contributed by atoms with Gasteiger partial charge in [-0.2, -0.15) is 0 Å². The van der Waals surface area contributed by atoms with E-state index in [9.17, 15) is 0 Å². The quantitative estimate of drug-likeness (QED) is 0.734. The number of hydrogen-bond acceptors (Lipinski definition) is 2. The highest BCUT2D eigenvalue weighted by Crippen LogP contribution is 2.33. The van der Waals surface area contributed by atoms with Crippen molar-refractivity contribution in [1.82, 2.24) is 5.32 Å². The highest BCUT2D eigenvalue weighted by molar-refractivity contribution is 5.19. The van der Waals surface area contributed by atoms with E-state index in [1.54, 1.807) is 0 Å². The van der Waals surface area contributed by atoms with Crippen LogP contribution in [0.15, 0.2) is 30.3 Å². The van der Waals surface area contributed by atoms with Gasteiger partial charge in [0.2, 0.25) is 0 Å². The van der Waals surface area contributed by atoms with E-state index in [0.29, 0.717) is 6.04 Å². The first-order valence-corrected chi connectivity index (χ1v) is 8.76. The molecule has 1 aromatic carbocycles. The molecule has 0 heterocycles. The maximum atomic E-state index is 6.17. The van der Waals surface area contributed by atoms with E-state index in [0.717, 1.165) is 19.1 Å². The third-order valence-corrected chi connectivity index (χ3v) is 4.65. The molecule has 0 radical (unpaired) electrons. The Bertz CT molecular complexity index is 370. The summed E-state index contributed by atoms with van der Waals surface area (Å²) >= 11 is 0. The van der Waals surface area contributed by atoms with Gasteiger partial charge in [-0.1, -0.05) is 62.9 Å². The molecule has 1 N–H and O–H groups in total. The molecule has 1 fully saturated rings. The maximum absolute atomic E-state index is 6.17. The summed E-state index contributed by atoms with van der Waals surface area (Å²) in [5.41, 5.74) is 1.31. The van der Waals surface area contributed by atoms with Gasteiger partial charge in [-0.3, -0.25) is 0 Å². The van der Waals surface area contributed by atoms with Crippen molar-refractivity contribution in [2.24, 2.45) is 5.92 Å². The van der Waals surface area contributed by atoms with Crippen molar-refractivity contribution in [1.29, 1.82) is 0 Å². The molecule has 1 aromatic rings. The van der Waals surface area contributed by atoms with Crippen molar-refractivity contribution in [2.45, 2.75) is 64.5 Å². The molecule has 1 aliphatic rings. The molecule has 1 aliphatic carbocycles. The fourth-order valence-electron chi connectivity index (χ4n) is 3.66. The molecule has 21 heavy (non-hydrogen) atoms. The van der Waals surface area contributed by atoms with E-state index in [1.165, 1.54) is 44.1 Å². The van der Waals surface area contributed by atoms with Crippen LogP contribution in [-0.2, 0) is 4.74 Å². The summed E-state index contributed by atoms with van der Waals surface area (Å²) in [4.78, 5) is 0. The number of hydrogen-bond donors (Lipinski definition) is 1. The molecule has 2 rings (SSSR count). The lowest BCUT2D eigenvalue weighted by molar-refractivity contribution is 0.0138. The zero-order chi connectivity index (χ0) is 14.9. The summed E-state index contributed by atoms with van der Waals surface area (Å²) in [5.74, 6) is 0.740. The minimum Gasteiger partial charge on any atom is -0.372 e. The van der Waals surface area contributed by atoms with Crippen LogP contribution >= 0.6 is 0 Å². The minimum atomic E-state index is 0.180. The van der Waals surface area contributed by atoms with E-state index < -0.39 is 0 Å². The van der Waals surface area contributed by atoms with Crippen molar-refractivity contribution in [3.05, 3.63) is 35.9 Å². The van der Waals surface area contributed by atoms with Gasteiger partial charge in [0.1, 0.15) is 0 Å². The Hall–Kier alpha value is -0.860. The molecule has 0 bridgehead atoms. The van der Waals surface area contributed by atoms with Crippen LogP contribution < -0.4 is 5.32 Å². The topological polar surface area (TPSA) is 21.3 Å². The molecule has 0 saturated heterocycles. The standard InChI is InChI=1S/C19H31NO/c1-3-20-18(16-12-8-5-6-9-13-16)19(21-4-2)17-14-10-7-11-15-17/h7,10-11,14-16,18-20H,3-6,8-9,12-13H2,1-2H3. The number of likely N-dealkylation sites (N-methyl/N-ethyl adjacent to an activating group) is 1. The van der Waals surface area contributed by atoms with Crippen LogP contribution in [-0.4, -0.2) is 19.2 Å². The van der Waals surface area contributed by atoms with Crippen molar-refractivity contribution in [2.75, 3.05) is 13.2 Å². The van der Waals surface area contributed by atoms with Gasteiger partial charge in [0.05, 0.1) is 6.10 Å². The number of ether oxygens (including phenoxy) is 1. The highest BCUT2D eigenvalue weighted by atomic mass is 16.5. The maximum Gasteiger partial charge on any atom is 0.0980 e. The first-order chi connectivity index (χ1) is 10.4. The van der Waals surface area contributed by atoms with Gasteiger partial charge < -0.3 is 10.1 Å². The molecular weight excluding hydrogens is 258 g/mol. The molecule has 2 unspecified atom stereocenters. The average Bonchev–Trinajstić information content (AvgIpc) is 2.81. The van der Waals surface area contributed by atoms with Gasteiger partial charge in [0, 0.05) is 12.6 Å². The van der Waals surface area contributed by atoms with E-state index in [4.69, 9.17) is 4.74 Å². The zero-order valence-electron chi connectivity index (χ0n) is 13.7. The fourth-order valence-corrected chi connectivity index (χ4v) is 3.66. The smallest absolute Gasteiger partial charge is 0.0980 e. The summed E-state index contributed by atoms with van der Waals surface area (Å²) in [6, 6.07) is 11.2. The summed E-state index contributed by atoms with van der Waals surface area (Å²) < 4.78 is 6.17. The molecule has 0 spiro atoms. The minimum absolute atomic E-state index is 0.180. The Morgan fingerprint density at radius 1 is 1.05 bits per heavy atom. The molecule has 2 heteroatoms.